The summed E-state index contributed by atoms with van der Waals surface area (Å²) in [5.74, 6) is 1.14. The molecule has 1 atom stereocenters. The fourth-order valence-corrected chi connectivity index (χ4v) is 4.72. The third kappa shape index (κ3) is 5.63. The Bertz CT molecular complexity index is 1290. The van der Waals surface area contributed by atoms with Crippen molar-refractivity contribution in [2.24, 2.45) is 0 Å². The minimum Gasteiger partial charge on any atom is -0.486 e. The van der Waals surface area contributed by atoms with Gasteiger partial charge in [-0.25, -0.2) is 8.42 Å². The maximum atomic E-state index is 12.8. The molecule has 0 saturated carbocycles. The molecule has 34 heavy (non-hydrogen) atoms. The number of hydrogen-bond donors (Lipinski definition) is 1. The summed E-state index contributed by atoms with van der Waals surface area (Å²) in [7, 11) is -3.54. The van der Waals surface area contributed by atoms with Gasteiger partial charge in [0.2, 0.25) is 10.0 Å². The molecule has 1 amide bonds. The molecule has 7 nitrogen and oxygen atoms in total. The first kappa shape index (κ1) is 23.9. The predicted molar refractivity (Wildman–Crippen MR) is 132 cm³/mol. The van der Waals surface area contributed by atoms with E-state index in [-0.39, 0.29) is 18.5 Å². The standard InChI is InChI=1S/C25H25ClN2O5S/c1-17(20-10-11-23-24(14-20)33-13-12-32-23)27-25(29)19-8-6-18(7-9-19)16-28(34(2,30)31)22-5-3-4-21(26)15-22/h3-11,14-15,17H,12-13,16H2,1-2H3,(H,27,29)/t17-/m1/s1. The zero-order valence-electron chi connectivity index (χ0n) is 18.8. The fourth-order valence-electron chi connectivity index (χ4n) is 3.65. The molecule has 0 spiro atoms. The molecule has 0 aromatic heterocycles. The summed E-state index contributed by atoms with van der Waals surface area (Å²) < 4.78 is 37.2. The summed E-state index contributed by atoms with van der Waals surface area (Å²) in [4.78, 5) is 12.8. The number of fused-ring (bicyclic) bond motifs is 1. The molecule has 0 saturated heterocycles. The van der Waals surface area contributed by atoms with Crippen LogP contribution in [-0.4, -0.2) is 33.8 Å². The Labute approximate surface area is 204 Å². The van der Waals surface area contributed by atoms with Gasteiger partial charge in [0.05, 0.1) is 24.5 Å². The minimum atomic E-state index is -3.54. The molecule has 3 aromatic carbocycles. The van der Waals surface area contributed by atoms with E-state index in [0.29, 0.717) is 41.0 Å². The average molecular weight is 501 g/mol. The third-order valence-electron chi connectivity index (χ3n) is 5.45. The number of amides is 1. The highest BCUT2D eigenvalue weighted by Gasteiger charge is 2.19. The van der Waals surface area contributed by atoms with Gasteiger partial charge in [0.1, 0.15) is 13.2 Å². The normalized spacial score (nSPS) is 13.7. The summed E-state index contributed by atoms with van der Waals surface area (Å²) in [6, 6.07) is 18.9. The first-order chi connectivity index (χ1) is 16.2. The lowest BCUT2D eigenvalue weighted by atomic mass is 10.1. The molecule has 1 aliphatic rings. The van der Waals surface area contributed by atoms with Crippen molar-refractivity contribution >= 4 is 33.2 Å². The van der Waals surface area contributed by atoms with E-state index >= 15 is 0 Å². The predicted octanol–water partition coefficient (Wildman–Crippen LogP) is 4.57. The SMILES string of the molecule is C[C@@H](NC(=O)c1ccc(CN(c2cccc(Cl)c2)S(C)(=O)=O)cc1)c1ccc2c(c1)OCCO2. The molecule has 1 N–H and O–H groups in total. The Balaban J connectivity index is 1.44. The van der Waals surface area contributed by atoms with Crippen LogP contribution in [0.25, 0.3) is 0 Å². The number of benzene rings is 3. The van der Waals surface area contributed by atoms with Gasteiger partial charge in [0, 0.05) is 10.6 Å². The van der Waals surface area contributed by atoms with Crippen molar-refractivity contribution in [1.29, 1.82) is 0 Å². The van der Waals surface area contributed by atoms with E-state index in [9.17, 15) is 13.2 Å². The largest absolute Gasteiger partial charge is 0.486 e. The van der Waals surface area contributed by atoms with Crippen LogP contribution in [0.4, 0.5) is 5.69 Å². The highest BCUT2D eigenvalue weighted by molar-refractivity contribution is 7.92. The van der Waals surface area contributed by atoms with Gasteiger partial charge in [-0.1, -0.05) is 35.9 Å². The average Bonchev–Trinajstić information content (AvgIpc) is 2.81. The van der Waals surface area contributed by atoms with E-state index in [2.05, 4.69) is 5.32 Å². The lowest BCUT2D eigenvalue weighted by Gasteiger charge is -2.23. The Hall–Kier alpha value is -3.23. The number of sulfonamides is 1. The zero-order chi connectivity index (χ0) is 24.3. The van der Waals surface area contributed by atoms with Crippen LogP contribution in [0.15, 0.2) is 66.7 Å². The van der Waals surface area contributed by atoms with Crippen LogP contribution in [0.5, 0.6) is 11.5 Å². The minimum absolute atomic E-state index is 0.120. The molecule has 3 aromatic rings. The highest BCUT2D eigenvalue weighted by atomic mass is 35.5. The number of carbonyl (C=O) groups excluding carboxylic acids is 1. The number of carbonyl (C=O) groups is 1. The van der Waals surface area contributed by atoms with Crippen molar-refractivity contribution in [3.05, 3.63) is 88.4 Å². The van der Waals surface area contributed by atoms with Gasteiger partial charge >= 0.3 is 0 Å². The zero-order valence-corrected chi connectivity index (χ0v) is 20.4. The topological polar surface area (TPSA) is 84.9 Å². The van der Waals surface area contributed by atoms with Crippen molar-refractivity contribution in [2.45, 2.75) is 19.5 Å². The van der Waals surface area contributed by atoms with Crippen molar-refractivity contribution in [3.63, 3.8) is 0 Å². The van der Waals surface area contributed by atoms with Gasteiger partial charge in [0.25, 0.3) is 5.91 Å². The number of nitrogens with zero attached hydrogens (tertiary/aromatic N) is 1. The fraction of sp³-hybridized carbons (Fsp3) is 0.240. The van der Waals surface area contributed by atoms with Crippen molar-refractivity contribution in [1.82, 2.24) is 5.32 Å². The Kier molecular flexibility index (Phi) is 7.00. The lowest BCUT2D eigenvalue weighted by Crippen LogP contribution is -2.29. The second-order valence-corrected chi connectivity index (χ2v) is 10.4. The number of nitrogens with one attached hydrogen (secondary N) is 1. The third-order valence-corrected chi connectivity index (χ3v) is 6.83. The first-order valence-electron chi connectivity index (χ1n) is 10.7. The van der Waals surface area contributed by atoms with E-state index in [1.165, 1.54) is 4.31 Å². The van der Waals surface area contributed by atoms with Gasteiger partial charge in [-0.15, -0.1) is 0 Å². The Morgan fingerprint density at radius 1 is 1.03 bits per heavy atom. The van der Waals surface area contributed by atoms with Gasteiger partial charge in [0.15, 0.2) is 11.5 Å². The molecular formula is C25H25ClN2O5S. The monoisotopic (exact) mass is 500 g/mol. The van der Waals surface area contributed by atoms with E-state index < -0.39 is 10.0 Å². The van der Waals surface area contributed by atoms with Crippen LogP contribution in [0, 0.1) is 0 Å². The molecule has 0 aliphatic carbocycles. The maximum Gasteiger partial charge on any atom is 0.251 e. The molecule has 1 aliphatic heterocycles. The quantitative estimate of drug-likeness (QED) is 0.513. The Morgan fingerprint density at radius 3 is 2.41 bits per heavy atom. The second-order valence-electron chi connectivity index (χ2n) is 8.04. The number of anilines is 1. The van der Waals surface area contributed by atoms with Gasteiger partial charge in [-0.2, -0.15) is 0 Å². The molecule has 178 valence electrons. The number of halogens is 1. The first-order valence-corrected chi connectivity index (χ1v) is 13.0. The summed E-state index contributed by atoms with van der Waals surface area (Å²) in [5, 5.41) is 3.43. The maximum absolute atomic E-state index is 12.8. The van der Waals surface area contributed by atoms with Crippen molar-refractivity contribution in [2.75, 3.05) is 23.8 Å². The van der Waals surface area contributed by atoms with Crippen LogP contribution in [-0.2, 0) is 16.6 Å². The smallest absolute Gasteiger partial charge is 0.251 e. The van der Waals surface area contributed by atoms with Crippen LogP contribution in [0.2, 0.25) is 5.02 Å². The van der Waals surface area contributed by atoms with Gasteiger partial charge in [-0.3, -0.25) is 9.10 Å². The Morgan fingerprint density at radius 2 is 1.74 bits per heavy atom. The van der Waals surface area contributed by atoms with Crippen LogP contribution < -0.4 is 19.1 Å². The van der Waals surface area contributed by atoms with Crippen LogP contribution in [0.1, 0.15) is 34.5 Å². The van der Waals surface area contributed by atoms with E-state index in [1.807, 2.05) is 25.1 Å². The summed E-state index contributed by atoms with van der Waals surface area (Å²) in [6.45, 7) is 3.04. The lowest BCUT2D eigenvalue weighted by molar-refractivity contribution is 0.0939. The molecular weight excluding hydrogens is 476 g/mol. The summed E-state index contributed by atoms with van der Waals surface area (Å²) in [5.41, 5.74) is 2.59. The van der Waals surface area contributed by atoms with Crippen LogP contribution in [0.3, 0.4) is 0 Å². The van der Waals surface area contributed by atoms with E-state index in [0.717, 1.165) is 17.4 Å². The van der Waals surface area contributed by atoms with Crippen LogP contribution >= 0.6 is 11.6 Å². The molecule has 0 bridgehead atoms. The molecule has 9 heteroatoms. The number of ether oxygens (including phenoxy) is 2. The molecule has 0 fully saturated rings. The highest BCUT2D eigenvalue weighted by Crippen LogP contribution is 2.32. The molecule has 0 unspecified atom stereocenters. The second kappa shape index (κ2) is 9.95. The van der Waals surface area contributed by atoms with Crippen molar-refractivity contribution in [3.8, 4) is 11.5 Å². The molecule has 0 radical (unpaired) electrons. The van der Waals surface area contributed by atoms with Gasteiger partial charge in [-0.05, 0) is 60.5 Å². The summed E-state index contributed by atoms with van der Waals surface area (Å²) >= 11 is 6.04. The van der Waals surface area contributed by atoms with E-state index in [1.54, 1.807) is 48.5 Å². The number of rotatable bonds is 7. The number of hydrogen-bond acceptors (Lipinski definition) is 5. The van der Waals surface area contributed by atoms with Crippen molar-refractivity contribution < 1.29 is 22.7 Å². The van der Waals surface area contributed by atoms with E-state index in [4.69, 9.17) is 21.1 Å². The molecule has 4 rings (SSSR count). The molecule has 1 heterocycles. The summed E-state index contributed by atoms with van der Waals surface area (Å²) in [6.07, 6.45) is 1.15. The van der Waals surface area contributed by atoms with Gasteiger partial charge < -0.3 is 14.8 Å².